The molecule has 1 N–H and O–H groups in total. The van der Waals surface area contributed by atoms with E-state index in [-0.39, 0.29) is 0 Å². The molecule has 0 radical (unpaired) electrons. The van der Waals surface area contributed by atoms with Crippen molar-refractivity contribution >= 4 is 0 Å². The number of β-amino-alcohol motifs (C(OH)–C–C–N with tert-alkyl or cyclic N) is 1. The van der Waals surface area contributed by atoms with Crippen molar-refractivity contribution in [3.05, 3.63) is 18.2 Å². The van der Waals surface area contributed by atoms with Crippen LogP contribution in [-0.4, -0.2) is 45.4 Å². The molecular formula is C12H21N3O2. The van der Waals surface area contributed by atoms with E-state index < -0.39 is 5.60 Å². The van der Waals surface area contributed by atoms with Crippen LogP contribution in [0.3, 0.4) is 0 Å². The Morgan fingerprint density at radius 3 is 3.00 bits per heavy atom. The molecule has 1 aliphatic rings. The normalized spacial score (nSPS) is 30.0. The summed E-state index contributed by atoms with van der Waals surface area (Å²) in [6.45, 7) is 6.88. The number of hydrogen-bond donors (Lipinski definition) is 1. The van der Waals surface area contributed by atoms with Crippen LogP contribution in [0.4, 0.5) is 0 Å². The zero-order valence-electron chi connectivity index (χ0n) is 10.8. The molecule has 0 unspecified atom stereocenters. The first-order valence-corrected chi connectivity index (χ1v) is 5.96. The van der Waals surface area contributed by atoms with Gasteiger partial charge in [-0.2, -0.15) is 0 Å². The van der Waals surface area contributed by atoms with Crippen LogP contribution >= 0.6 is 0 Å². The Kier molecular flexibility index (Phi) is 3.51. The standard InChI is InChI=1S/C12H21N3O2/c1-10-6-14(8-12(10,2)16)7-11-13-4-5-15(11)9-17-3/h4-5,10,16H,6-9H2,1-3H3/t10-,12+/m1/s1. The minimum Gasteiger partial charge on any atom is -0.389 e. The van der Waals surface area contributed by atoms with E-state index in [0.717, 1.165) is 18.9 Å². The lowest BCUT2D eigenvalue weighted by atomic mass is 9.95. The number of imidazole rings is 1. The molecule has 0 saturated carbocycles. The van der Waals surface area contributed by atoms with Gasteiger partial charge < -0.3 is 14.4 Å². The molecule has 1 fully saturated rings. The van der Waals surface area contributed by atoms with Crippen molar-refractivity contribution < 1.29 is 9.84 Å². The van der Waals surface area contributed by atoms with E-state index in [9.17, 15) is 5.11 Å². The molecule has 0 bridgehead atoms. The Morgan fingerprint density at radius 1 is 1.65 bits per heavy atom. The van der Waals surface area contributed by atoms with Gasteiger partial charge in [-0.25, -0.2) is 4.98 Å². The molecule has 2 heterocycles. The number of aromatic nitrogens is 2. The third kappa shape index (κ3) is 2.68. The third-order valence-electron chi connectivity index (χ3n) is 3.57. The second-order valence-corrected chi connectivity index (χ2v) is 5.16. The van der Waals surface area contributed by atoms with Crippen LogP contribution < -0.4 is 0 Å². The van der Waals surface area contributed by atoms with Gasteiger partial charge in [0.15, 0.2) is 0 Å². The van der Waals surface area contributed by atoms with Gasteiger partial charge in [0.2, 0.25) is 0 Å². The molecule has 0 aromatic carbocycles. The molecule has 1 saturated heterocycles. The number of nitrogens with zero attached hydrogens (tertiary/aromatic N) is 3. The fraction of sp³-hybridized carbons (Fsp3) is 0.750. The quantitative estimate of drug-likeness (QED) is 0.840. The van der Waals surface area contributed by atoms with Crippen LogP contribution in [0.2, 0.25) is 0 Å². The van der Waals surface area contributed by atoms with Crippen LogP contribution in [0.1, 0.15) is 19.7 Å². The summed E-state index contributed by atoms with van der Waals surface area (Å²) in [7, 11) is 1.67. The van der Waals surface area contributed by atoms with Gasteiger partial charge in [-0.05, 0) is 12.8 Å². The van der Waals surface area contributed by atoms with Crippen molar-refractivity contribution in [2.75, 3.05) is 20.2 Å². The van der Waals surface area contributed by atoms with Crippen LogP contribution in [0.15, 0.2) is 12.4 Å². The number of rotatable bonds is 4. The summed E-state index contributed by atoms with van der Waals surface area (Å²) < 4.78 is 7.09. The molecule has 1 aromatic heterocycles. The third-order valence-corrected chi connectivity index (χ3v) is 3.57. The van der Waals surface area contributed by atoms with Crippen molar-refractivity contribution in [2.24, 2.45) is 5.92 Å². The van der Waals surface area contributed by atoms with Crippen LogP contribution in [0.5, 0.6) is 0 Å². The van der Waals surface area contributed by atoms with Gasteiger partial charge in [0.05, 0.1) is 12.1 Å². The van der Waals surface area contributed by atoms with Gasteiger partial charge >= 0.3 is 0 Å². The van der Waals surface area contributed by atoms with Crippen molar-refractivity contribution in [1.29, 1.82) is 0 Å². The molecule has 5 heteroatoms. The molecule has 5 nitrogen and oxygen atoms in total. The van der Waals surface area contributed by atoms with Crippen molar-refractivity contribution in [2.45, 2.75) is 32.7 Å². The minimum absolute atomic E-state index is 0.299. The van der Waals surface area contributed by atoms with E-state index in [4.69, 9.17) is 4.74 Å². The summed E-state index contributed by atoms with van der Waals surface area (Å²) in [6.07, 6.45) is 3.70. The number of methoxy groups -OCH3 is 1. The van der Waals surface area contributed by atoms with Gasteiger partial charge in [-0.3, -0.25) is 4.90 Å². The Morgan fingerprint density at radius 2 is 2.41 bits per heavy atom. The smallest absolute Gasteiger partial charge is 0.124 e. The number of ether oxygens (including phenoxy) is 1. The number of likely N-dealkylation sites (tertiary alicyclic amines) is 1. The zero-order chi connectivity index (χ0) is 12.5. The van der Waals surface area contributed by atoms with E-state index >= 15 is 0 Å². The first kappa shape index (κ1) is 12.5. The Labute approximate surface area is 102 Å². The van der Waals surface area contributed by atoms with E-state index in [1.165, 1.54) is 0 Å². The van der Waals surface area contributed by atoms with Crippen molar-refractivity contribution in [3.8, 4) is 0 Å². The number of hydrogen-bond acceptors (Lipinski definition) is 4. The Bertz CT molecular complexity index is 376. The highest BCUT2D eigenvalue weighted by molar-refractivity contribution is 4.97. The predicted octanol–water partition coefficient (Wildman–Crippen LogP) is 0.690. The molecule has 2 atom stereocenters. The highest BCUT2D eigenvalue weighted by Gasteiger charge is 2.38. The molecule has 17 heavy (non-hydrogen) atoms. The fourth-order valence-corrected chi connectivity index (χ4v) is 2.33. The lowest BCUT2D eigenvalue weighted by Crippen LogP contribution is -2.33. The highest BCUT2D eigenvalue weighted by Crippen LogP contribution is 2.27. The van der Waals surface area contributed by atoms with Gasteiger partial charge in [0.25, 0.3) is 0 Å². The van der Waals surface area contributed by atoms with E-state index in [2.05, 4.69) is 16.8 Å². The summed E-state index contributed by atoms with van der Waals surface area (Å²) in [5.74, 6) is 1.28. The van der Waals surface area contributed by atoms with Crippen LogP contribution in [0.25, 0.3) is 0 Å². The largest absolute Gasteiger partial charge is 0.389 e. The maximum atomic E-state index is 10.1. The second kappa shape index (κ2) is 4.76. The maximum Gasteiger partial charge on any atom is 0.124 e. The monoisotopic (exact) mass is 239 g/mol. The lowest BCUT2D eigenvalue weighted by molar-refractivity contribution is 0.0360. The molecule has 1 aliphatic heterocycles. The van der Waals surface area contributed by atoms with Gasteiger partial charge in [-0.15, -0.1) is 0 Å². The van der Waals surface area contributed by atoms with E-state index in [1.807, 2.05) is 17.7 Å². The van der Waals surface area contributed by atoms with E-state index in [1.54, 1.807) is 13.3 Å². The first-order chi connectivity index (χ1) is 8.03. The summed E-state index contributed by atoms with van der Waals surface area (Å²) in [4.78, 5) is 6.57. The summed E-state index contributed by atoms with van der Waals surface area (Å²) >= 11 is 0. The van der Waals surface area contributed by atoms with Crippen LogP contribution in [0, 0.1) is 5.92 Å². The predicted molar refractivity (Wildman–Crippen MR) is 64.3 cm³/mol. The van der Waals surface area contributed by atoms with Gasteiger partial charge in [0, 0.05) is 32.6 Å². The Balaban J connectivity index is 2.00. The molecule has 0 spiro atoms. The molecule has 2 rings (SSSR count). The molecule has 0 aliphatic carbocycles. The maximum absolute atomic E-state index is 10.1. The number of aliphatic hydroxyl groups is 1. The average molecular weight is 239 g/mol. The van der Waals surface area contributed by atoms with Crippen molar-refractivity contribution in [1.82, 2.24) is 14.5 Å². The summed E-state index contributed by atoms with van der Waals surface area (Å²) in [5, 5.41) is 10.1. The zero-order valence-corrected chi connectivity index (χ0v) is 10.8. The first-order valence-electron chi connectivity index (χ1n) is 5.96. The Hall–Kier alpha value is -0.910. The average Bonchev–Trinajstić information content (AvgIpc) is 2.75. The SMILES string of the molecule is COCn1ccnc1CN1C[C@@H](C)[C@@](C)(O)C1. The molecule has 96 valence electrons. The summed E-state index contributed by atoms with van der Waals surface area (Å²) in [6, 6.07) is 0. The van der Waals surface area contributed by atoms with Crippen LogP contribution in [-0.2, 0) is 18.0 Å². The molecule has 1 aromatic rings. The molecule has 0 amide bonds. The topological polar surface area (TPSA) is 50.5 Å². The van der Waals surface area contributed by atoms with Crippen molar-refractivity contribution in [3.63, 3.8) is 0 Å². The van der Waals surface area contributed by atoms with Gasteiger partial charge in [0.1, 0.15) is 12.6 Å². The fourth-order valence-electron chi connectivity index (χ4n) is 2.33. The summed E-state index contributed by atoms with van der Waals surface area (Å²) in [5.41, 5.74) is -0.585. The second-order valence-electron chi connectivity index (χ2n) is 5.16. The van der Waals surface area contributed by atoms with Gasteiger partial charge in [-0.1, -0.05) is 6.92 Å². The van der Waals surface area contributed by atoms with E-state index in [0.29, 0.717) is 19.2 Å². The minimum atomic E-state index is -0.585. The highest BCUT2D eigenvalue weighted by atomic mass is 16.5. The lowest BCUT2D eigenvalue weighted by Gasteiger charge is -2.21. The molecular weight excluding hydrogens is 218 g/mol.